The Hall–Kier alpha value is -2.46. The van der Waals surface area contributed by atoms with Crippen LogP contribution in [0, 0.1) is 6.92 Å². The Kier molecular flexibility index (Phi) is 4.02. The molecule has 0 bridgehead atoms. The van der Waals surface area contributed by atoms with Gasteiger partial charge in [0.1, 0.15) is 5.01 Å². The van der Waals surface area contributed by atoms with Crippen molar-refractivity contribution >= 4 is 17.3 Å². The van der Waals surface area contributed by atoms with Crippen molar-refractivity contribution in [2.75, 3.05) is 0 Å². The third kappa shape index (κ3) is 3.23. The quantitative estimate of drug-likeness (QED) is 0.776. The van der Waals surface area contributed by atoms with Crippen molar-refractivity contribution in [3.8, 4) is 10.6 Å². The van der Waals surface area contributed by atoms with E-state index in [0.717, 1.165) is 21.8 Å². The lowest BCUT2D eigenvalue weighted by molar-refractivity contribution is 0.0697. The molecule has 110 valence electrons. The number of thiazole rings is 1. The van der Waals surface area contributed by atoms with Crippen molar-refractivity contribution in [3.05, 3.63) is 76.3 Å². The molecule has 0 aliphatic heterocycles. The second kappa shape index (κ2) is 6.12. The predicted octanol–water partition coefficient (Wildman–Crippen LogP) is 4.41. The van der Waals surface area contributed by atoms with E-state index in [1.165, 1.54) is 5.56 Å². The maximum absolute atomic E-state index is 10.8. The van der Waals surface area contributed by atoms with E-state index < -0.39 is 5.97 Å². The minimum atomic E-state index is -0.901. The lowest BCUT2D eigenvalue weighted by atomic mass is 10.1. The van der Waals surface area contributed by atoms with Gasteiger partial charge in [-0.1, -0.05) is 35.9 Å². The monoisotopic (exact) mass is 309 g/mol. The number of carboxylic acid groups (broad SMARTS) is 1. The van der Waals surface area contributed by atoms with Gasteiger partial charge in [0.05, 0.1) is 11.3 Å². The molecule has 0 amide bonds. The van der Waals surface area contributed by atoms with Crippen molar-refractivity contribution in [3.63, 3.8) is 0 Å². The summed E-state index contributed by atoms with van der Waals surface area (Å²) in [6.07, 6.45) is 0.711. The number of nitrogens with zero attached hydrogens (tertiary/aromatic N) is 1. The molecule has 1 N–H and O–H groups in total. The summed E-state index contributed by atoms with van der Waals surface area (Å²) in [6, 6.07) is 15.3. The highest BCUT2D eigenvalue weighted by molar-refractivity contribution is 7.13. The summed E-state index contributed by atoms with van der Waals surface area (Å²) in [5.74, 6) is -0.901. The molecule has 0 saturated heterocycles. The fourth-order valence-electron chi connectivity index (χ4n) is 2.27. The molecular formula is C18H15NO2S. The molecule has 0 fully saturated rings. The van der Waals surface area contributed by atoms with Crippen LogP contribution in [0.15, 0.2) is 53.9 Å². The molecule has 1 heterocycles. The average molecular weight is 309 g/mol. The van der Waals surface area contributed by atoms with E-state index in [1.54, 1.807) is 23.5 Å². The van der Waals surface area contributed by atoms with E-state index in [9.17, 15) is 4.79 Å². The van der Waals surface area contributed by atoms with Gasteiger partial charge in [0.15, 0.2) is 0 Å². The molecule has 3 nitrogen and oxygen atoms in total. The van der Waals surface area contributed by atoms with Crippen molar-refractivity contribution < 1.29 is 9.90 Å². The first-order chi connectivity index (χ1) is 10.6. The Balaban J connectivity index is 1.78. The lowest BCUT2D eigenvalue weighted by Crippen LogP contribution is -1.96. The van der Waals surface area contributed by atoms with Crippen molar-refractivity contribution in [2.45, 2.75) is 13.3 Å². The van der Waals surface area contributed by atoms with E-state index in [0.29, 0.717) is 12.0 Å². The molecule has 0 saturated carbocycles. The number of carboxylic acids is 1. The number of benzene rings is 2. The van der Waals surface area contributed by atoms with Gasteiger partial charge in [-0.2, -0.15) is 0 Å². The topological polar surface area (TPSA) is 50.2 Å². The highest BCUT2D eigenvalue weighted by atomic mass is 32.1. The van der Waals surface area contributed by atoms with Crippen LogP contribution in [0.2, 0.25) is 0 Å². The molecule has 3 rings (SSSR count). The minimum Gasteiger partial charge on any atom is -0.478 e. The van der Waals surface area contributed by atoms with Crippen LogP contribution >= 0.6 is 11.3 Å². The minimum absolute atomic E-state index is 0.308. The van der Waals surface area contributed by atoms with Gasteiger partial charge in [0, 0.05) is 17.4 Å². The molecule has 1 aromatic heterocycles. The van der Waals surface area contributed by atoms with Gasteiger partial charge in [-0.15, -0.1) is 11.3 Å². The Morgan fingerprint density at radius 2 is 1.95 bits per heavy atom. The number of aromatic nitrogens is 1. The normalized spacial score (nSPS) is 10.6. The van der Waals surface area contributed by atoms with Gasteiger partial charge in [-0.3, -0.25) is 0 Å². The van der Waals surface area contributed by atoms with Crippen molar-refractivity contribution in [1.29, 1.82) is 0 Å². The second-order valence-corrected chi connectivity index (χ2v) is 6.05. The summed E-state index contributed by atoms with van der Waals surface area (Å²) in [7, 11) is 0. The fraction of sp³-hybridized carbons (Fsp3) is 0.111. The number of carbonyl (C=O) groups is 1. The molecule has 22 heavy (non-hydrogen) atoms. The van der Waals surface area contributed by atoms with E-state index in [1.807, 2.05) is 18.2 Å². The Morgan fingerprint density at radius 3 is 2.64 bits per heavy atom. The van der Waals surface area contributed by atoms with Gasteiger partial charge >= 0.3 is 5.97 Å². The first-order valence-electron chi connectivity index (χ1n) is 6.95. The summed E-state index contributed by atoms with van der Waals surface area (Å²) in [6.45, 7) is 2.07. The third-order valence-electron chi connectivity index (χ3n) is 3.40. The molecule has 4 heteroatoms. The van der Waals surface area contributed by atoms with Crippen molar-refractivity contribution in [1.82, 2.24) is 4.98 Å². The molecule has 2 aromatic carbocycles. The van der Waals surface area contributed by atoms with Crippen LogP contribution in [0.25, 0.3) is 10.6 Å². The lowest BCUT2D eigenvalue weighted by Gasteiger charge is -2.00. The SMILES string of the molecule is Cc1cccc(-c2nc(Cc3ccc(C(=O)O)cc3)cs2)c1. The van der Waals surface area contributed by atoms with Crippen LogP contribution in [0.4, 0.5) is 0 Å². The van der Waals surface area contributed by atoms with E-state index in [2.05, 4.69) is 35.5 Å². The highest BCUT2D eigenvalue weighted by Crippen LogP contribution is 2.25. The molecule has 0 radical (unpaired) electrons. The van der Waals surface area contributed by atoms with Crippen LogP contribution in [-0.2, 0) is 6.42 Å². The number of hydrogen-bond acceptors (Lipinski definition) is 3. The molecule has 3 aromatic rings. The third-order valence-corrected chi connectivity index (χ3v) is 4.34. The van der Waals surface area contributed by atoms with E-state index >= 15 is 0 Å². The predicted molar refractivity (Wildman–Crippen MR) is 88.5 cm³/mol. The number of aromatic carboxylic acids is 1. The zero-order valence-electron chi connectivity index (χ0n) is 12.1. The van der Waals surface area contributed by atoms with Crippen LogP contribution in [0.1, 0.15) is 27.2 Å². The smallest absolute Gasteiger partial charge is 0.335 e. The van der Waals surface area contributed by atoms with Crippen LogP contribution < -0.4 is 0 Å². The largest absolute Gasteiger partial charge is 0.478 e. The molecular weight excluding hydrogens is 294 g/mol. The molecule has 0 unspecified atom stereocenters. The molecule has 0 aliphatic rings. The van der Waals surface area contributed by atoms with Gasteiger partial charge in [0.2, 0.25) is 0 Å². The number of rotatable bonds is 4. The Labute approximate surface area is 132 Å². The van der Waals surface area contributed by atoms with E-state index in [4.69, 9.17) is 5.11 Å². The summed E-state index contributed by atoms with van der Waals surface area (Å²) >= 11 is 1.63. The molecule has 0 spiro atoms. The maximum Gasteiger partial charge on any atom is 0.335 e. The first-order valence-corrected chi connectivity index (χ1v) is 7.83. The van der Waals surface area contributed by atoms with Crippen LogP contribution in [-0.4, -0.2) is 16.1 Å². The van der Waals surface area contributed by atoms with Crippen LogP contribution in [0.5, 0.6) is 0 Å². The van der Waals surface area contributed by atoms with Gasteiger partial charge in [-0.05, 0) is 30.7 Å². The standard InChI is InChI=1S/C18H15NO2S/c1-12-3-2-4-15(9-12)17-19-16(11-22-17)10-13-5-7-14(8-6-13)18(20)21/h2-9,11H,10H2,1H3,(H,20,21). The Bertz CT molecular complexity index is 806. The summed E-state index contributed by atoms with van der Waals surface area (Å²) in [5, 5.41) is 12.0. The Morgan fingerprint density at radius 1 is 1.18 bits per heavy atom. The molecule has 0 atom stereocenters. The zero-order valence-corrected chi connectivity index (χ0v) is 12.9. The van der Waals surface area contributed by atoms with Gasteiger partial charge in [0.25, 0.3) is 0 Å². The first kappa shape index (κ1) is 14.5. The van der Waals surface area contributed by atoms with Gasteiger partial charge in [-0.25, -0.2) is 9.78 Å². The number of hydrogen-bond donors (Lipinski definition) is 1. The second-order valence-electron chi connectivity index (χ2n) is 5.19. The summed E-state index contributed by atoms with van der Waals surface area (Å²) in [5.41, 5.74) is 4.73. The molecule has 0 aliphatic carbocycles. The zero-order chi connectivity index (χ0) is 15.5. The average Bonchev–Trinajstić information content (AvgIpc) is 2.96. The highest BCUT2D eigenvalue weighted by Gasteiger charge is 2.07. The van der Waals surface area contributed by atoms with E-state index in [-0.39, 0.29) is 0 Å². The summed E-state index contributed by atoms with van der Waals surface area (Å²) < 4.78 is 0. The van der Waals surface area contributed by atoms with Gasteiger partial charge < -0.3 is 5.11 Å². The van der Waals surface area contributed by atoms with Crippen molar-refractivity contribution in [2.24, 2.45) is 0 Å². The fourth-order valence-corrected chi connectivity index (χ4v) is 3.09. The maximum atomic E-state index is 10.8. The van der Waals surface area contributed by atoms with Crippen LogP contribution in [0.3, 0.4) is 0 Å². The summed E-state index contributed by atoms with van der Waals surface area (Å²) in [4.78, 5) is 15.5. The number of aryl methyl sites for hydroxylation is 1.